The SMILES string of the molecule is CC(C)CN(C)C(=O)C1(CN)CCOCC1.Cl. The van der Waals surface area contributed by atoms with E-state index in [1.165, 1.54) is 0 Å². The van der Waals surface area contributed by atoms with Gasteiger partial charge >= 0.3 is 0 Å². The molecule has 1 aliphatic rings. The third-order valence-electron chi connectivity index (χ3n) is 3.28. The molecule has 1 fully saturated rings. The first-order valence-electron chi connectivity index (χ1n) is 6.05. The summed E-state index contributed by atoms with van der Waals surface area (Å²) >= 11 is 0. The van der Waals surface area contributed by atoms with E-state index in [-0.39, 0.29) is 23.7 Å². The number of hydrogen-bond acceptors (Lipinski definition) is 3. The molecular formula is C12H25ClN2O2. The van der Waals surface area contributed by atoms with Crippen molar-refractivity contribution < 1.29 is 9.53 Å². The van der Waals surface area contributed by atoms with E-state index in [0.717, 1.165) is 19.4 Å². The van der Waals surface area contributed by atoms with Gasteiger partial charge in [-0.3, -0.25) is 4.79 Å². The summed E-state index contributed by atoms with van der Waals surface area (Å²) in [6, 6.07) is 0. The zero-order chi connectivity index (χ0) is 12.2. The van der Waals surface area contributed by atoms with E-state index in [1.54, 1.807) is 0 Å². The highest BCUT2D eigenvalue weighted by molar-refractivity contribution is 5.85. The van der Waals surface area contributed by atoms with Crippen molar-refractivity contribution in [2.75, 3.05) is 33.4 Å². The molecule has 17 heavy (non-hydrogen) atoms. The van der Waals surface area contributed by atoms with Crippen LogP contribution in [-0.2, 0) is 9.53 Å². The molecule has 0 aromatic heterocycles. The number of amides is 1. The predicted octanol–water partition coefficient (Wildman–Crippen LogP) is 1.28. The second-order valence-corrected chi connectivity index (χ2v) is 5.18. The Bertz CT molecular complexity index is 241. The first kappa shape index (κ1) is 16.7. The fraction of sp³-hybridized carbons (Fsp3) is 0.917. The van der Waals surface area contributed by atoms with Crippen molar-refractivity contribution in [3.8, 4) is 0 Å². The van der Waals surface area contributed by atoms with Crippen molar-refractivity contribution in [3.05, 3.63) is 0 Å². The molecule has 0 radical (unpaired) electrons. The molecule has 0 bridgehead atoms. The maximum absolute atomic E-state index is 12.4. The van der Waals surface area contributed by atoms with E-state index in [1.807, 2.05) is 11.9 Å². The van der Waals surface area contributed by atoms with Gasteiger partial charge in [0.25, 0.3) is 0 Å². The Morgan fingerprint density at radius 2 is 1.94 bits per heavy atom. The van der Waals surface area contributed by atoms with Crippen molar-refractivity contribution in [2.24, 2.45) is 17.1 Å². The molecule has 0 aliphatic carbocycles. The average Bonchev–Trinajstić information content (AvgIpc) is 2.28. The van der Waals surface area contributed by atoms with Gasteiger partial charge in [-0.25, -0.2) is 0 Å². The molecule has 1 rings (SSSR count). The van der Waals surface area contributed by atoms with E-state index in [4.69, 9.17) is 10.5 Å². The normalized spacial score (nSPS) is 18.6. The zero-order valence-corrected chi connectivity index (χ0v) is 11.9. The Morgan fingerprint density at radius 1 is 1.41 bits per heavy atom. The standard InChI is InChI=1S/C12H24N2O2.ClH/c1-10(2)8-14(3)11(15)12(9-13)4-6-16-7-5-12;/h10H,4-9,13H2,1-3H3;1H. The monoisotopic (exact) mass is 264 g/mol. The van der Waals surface area contributed by atoms with Gasteiger partial charge in [-0.2, -0.15) is 0 Å². The molecule has 4 nitrogen and oxygen atoms in total. The van der Waals surface area contributed by atoms with Gasteiger partial charge in [0.1, 0.15) is 0 Å². The summed E-state index contributed by atoms with van der Waals surface area (Å²) in [6.07, 6.45) is 1.51. The van der Waals surface area contributed by atoms with E-state index in [0.29, 0.717) is 25.7 Å². The number of carbonyl (C=O) groups is 1. The quantitative estimate of drug-likeness (QED) is 0.832. The largest absolute Gasteiger partial charge is 0.381 e. The summed E-state index contributed by atoms with van der Waals surface area (Å²) in [5.41, 5.74) is 5.43. The van der Waals surface area contributed by atoms with Crippen molar-refractivity contribution in [1.29, 1.82) is 0 Å². The predicted molar refractivity (Wildman–Crippen MR) is 71.3 cm³/mol. The smallest absolute Gasteiger partial charge is 0.229 e. The van der Waals surface area contributed by atoms with E-state index >= 15 is 0 Å². The zero-order valence-electron chi connectivity index (χ0n) is 11.1. The molecule has 5 heteroatoms. The van der Waals surface area contributed by atoms with Crippen LogP contribution in [0.15, 0.2) is 0 Å². The third kappa shape index (κ3) is 4.12. The molecule has 0 aromatic carbocycles. The summed E-state index contributed by atoms with van der Waals surface area (Å²) in [5, 5.41) is 0. The minimum Gasteiger partial charge on any atom is -0.381 e. The second kappa shape index (κ2) is 7.19. The minimum atomic E-state index is -0.373. The summed E-state index contributed by atoms with van der Waals surface area (Å²) in [7, 11) is 1.87. The highest BCUT2D eigenvalue weighted by atomic mass is 35.5. The Kier molecular flexibility index (Phi) is 7.05. The fourth-order valence-corrected chi connectivity index (χ4v) is 2.30. The molecule has 0 saturated carbocycles. The Hall–Kier alpha value is -0.320. The molecule has 0 atom stereocenters. The van der Waals surface area contributed by atoms with Gasteiger partial charge in [-0.1, -0.05) is 13.8 Å². The lowest BCUT2D eigenvalue weighted by atomic mass is 9.79. The van der Waals surface area contributed by atoms with Crippen LogP contribution in [0.4, 0.5) is 0 Å². The van der Waals surface area contributed by atoms with Crippen molar-refractivity contribution >= 4 is 18.3 Å². The highest BCUT2D eigenvalue weighted by Crippen LogP contribution is 2.31. The van der Waals surface area contributed by atoms with Crippen LogP contribution in [0, 0.1) is 11.3 Å². The van der Waals surface area contributed by atoms with Crippen LogP contribution < -0.4 is 5.73 Å². The fourth-order valence-electron chi connectivity index (χ4n) is 2.30. The van der Waals surface area contributed by atoms with Gasteiger partial charge in [0.2, 0.25) is 5.91 Å². The first-order valence-corrected chi connectivity index (χ1v) is 6.05. The van der Waals surface area contributed by atoms with Crippen molar-refractivity contribution in [2.45, 2.75) is 26.7 Å². The summed E-state index contributed by atoms with van der Waals surface area (Å²) in [6.45, 7) is 6.75. The molecule has 0 unspecified atom stereocenters. The minimum absolute atomic E-state index is 0. The number of hydrogen-bond donors (Lipinski definition) is 1. The van der Waals surface area contributed by atoms with E-state index in [2.05, 4.69) is 13.8 Å². The highest BCUT2D eigenvalue weighted by Gasteiger charge is 2.40. The molecule has 0 aromatic rings. The number of nitrogens with zero attached hydrogens (tertiary/aromatic N) is 1. The summed E-state index contributed by atoms with van der Waals surface area (Å²) < 4.78 is 5.31. The number of halogens is 1. The molecule has 1 heterocycles. The second-order valence-electron chi connectivity index (χ2n) is 5.18. The van der Waals surface area contributed by atoms with Crippen LogP contribution in [0.25, 0.3) is 0 Å². The average molecular weight is 265 g/mol. The first-order chi connectivity index (χ1) is 7.52. The van der Waals surface area contributed by atoms with Gasteiger partial charge in [-0.05, 0) is 18.8 Å². The van der Waals surface area contributed by atoms with Gasteiger partial charge in [0, 0.05) is 33.4 Å². The van der Waals surface area contributed by atoms with Crippen molar-refractivity contribution in [1.82, 2.24) is 4.90 Å². The number of nitrogens with two attached hydrogens (primary N) is 1. The van der Waals surface area contributed by atoms with Crippen LogP contribution >= 0.6 is 12.4 Å². The molecule has 1 aliphatic heterocycles. The molecule has 1 saturated heterocycles. The third-order valence-corrected chi connectivity index (χ3v) is 3.28. The molecule has 0 spiro atoms. The topological polar surface area (TPSA) is 55.6 Å². The van der Waals surface area contributed by atoms with Gasteiger partial charge < -0.3 is 15.4 Å². The Balaban J connectivity index is 0.00000256. The van der Waals surface area contributed by atoms with Crippen molar-refractivity contribution in [3.63, 3.8) is 0 Å². The lowest BCUT2D eigenvalue weighted by Gasteiger charge is -2.38. The lowest BCUT2D eigenvalue weighted by Crippen LogP contribution is -2.50. The van der Waals surface area contributed by atoms with Crippen LogP contribution in [0.3, 0.4) is 0 Å². The van der Waals surface area contributed by atoms with Crippen LogP contribution in [0.2, 0.25) is 0 Å². The molecule has 1 amide bonds. The number of ether oxygens (including phenoxy) is 1. The maximum atomic E-state index is 12.4. The summed E-state index contributed by atoms with van der Waals surface area (Å²) in [4.78, 5) is 14.2. The lowest BCUT2D eigenvalue weighted by molar-refractivity contribution is -0.146. The van der Waals surface area contributed by atoms with Crippen LogP contribution in [-0.4, -0.2) is 44.2 Å². The van der Waals surface area contributed by atoms with Gasteiger partial charge in [0.05, 0.1) is 5.41 Å². The Morgan fingerprint density at radius 3 is 2.35 bits per heavy atom. The van der Waals surface area contributed by atoms with E-state index < -0.39 is 0 Å². The molecule has 2 N–H and O–H groups in total. The summed E-state index contributed by atoms with van der Waals surface area (Å²) in [5.74, 6) is 0.676. The van der Waals surface area contributed by atoms with Crippen LogP contribution in [0.5, 0.6) is 0 Å². The maximum Gasteiger partial charge on any atom is 0.229 e. The van der Waals surface area contributed by atoms with Gasteiger partial charge in [-0.15, -0.1) is 12.4 Å². The van der Waals surface area contributed by atoms with Crippen LogP contribution in [0.1, 0.15) is 26.7 Å². The molecule has 102 valence electrons. The number of rotatable bonds is 4. The Labute approximate surface area is 110 Å². The van der Waals surface area contributed by atoms with Gasteiger partial charge in [0.15, 0.2) is 0 Å². The number of carbonyl (C=O) groups excluding carboxylic acids is 1. The van der Waals surface area contributed by atoms with E-state index in [9.17, 15) is 4.79 Å². The molecular weight excluding hydrogens is 240 g/mol.